The summed E-state index contributed by atoms with van der Waals surface area (Å²) in [7, 11) is 3.55. The van der Waals surface area contributed by atoms with E-state index in [4.69, 9.17) is 17.1 Å². The minimum absolute atomic E-state index is 0.176. The summed E-state index contributed by atoms with van der Waals surface area (Å²) < 4.78 is 0. The first-order valence-electron chi connectivity index (χ1n) is 6.67. The molecule has 104 valence electrons. The van der Waals surface area contributed by atoms with Crippen molar-refractivity contribution >= 4 is 17.2 Å². The summed E-state index contributed by atoms with van der Waals surface area (Å²) in [5.41, 5.74) is 4.06. The van der Waals surface area contributed by atoms with Crippen LogP contribution < -0.4 is 10.8 Å². The smallest absolute Gasteiger partial charge is 0.0875 e. The van der Waals surface area contributed by atoms with E-state index in [-0.39, 0.29) is 11.5 Å². The predicted molar refractivity (Wildman–Crippen MR) is 80.0 cm³/mol. The molecule has 1 heterocycles. The highest BCUT2D eigenvalue weighted by Crippen LogP contribution is 2.40. The molecular formula is C14H21N3OS. The van der Waals surface area contributed by atoms with Crippen molar-refractivity contribution in [3.63, 3.8) is 0 Å². The van der Waals surface area contributed by atoms with Gasteiger partial charge in [-0.2, -0.15) is 5.48 Å². The topological polar surface area (TPSA) is 46.2 Å². The van der Waals surface area contributed by atoms with Gasteiger partial charge in [-0.15, -0.1) is 0 Å². The molecule has 2 N–H and O–H groups in total. The van der Waals surface area contributed by atoms with Crippen LogP contribution in [0.15, 0.2) is 24.5 Å². The minimum Gasteiger partial charge on any atom is -0.382 e. The molecule has 5 heteroatoms. The average molecular weight is 279 g/mol. The molecule has 0 aliphatic heterocycles. The van der Waals surface area contributed by atoms with Crippen LogP contribution in [0.4, 0.5) is 0 Å². The van der Waals surface area contributed by atoms with Crippen LogP contribution in [0, 0.1) is 0 Å². The lowest BCUT2D eigenvalue weighted by molar-refractivity contribution is 0.0305. The Morgan fingerprint density at radius 1 is 1.53 bits per heavy atom. The quantitative estimate of drug-likeness (QED) is 0.652. The second-order valence-corrected chi connectivity index (χ2v) is 5.32. The first-order chi connectivity index (χ1) is 9.25. The highest BCUT2D eigenvalue weighted by molar-refractivity contribution is 7.80. The first-order valence-corrected chi connectivity index (χ1v) is 7.07. The van der Waals surface area contributed by atoms with Crippen LogP contribution in [0.5, 0.6) is 0 Å². The Hall–Kier alpha value is -1.04. The third-order valence-corrected chi connectivity index (χ3v) is 4.55. The van der Waals surface area contributed by atoms with Crippen LogP contribution in [0.3, 0.4) is 0 Å². The molecule has 4 nitrogen and oxygen atoms in total. The van der Waals surface area contributed by atoms with Crippen molar-refractivity contribution in [3.8, 4) is 0 Å². The van der Waals surface area contributed by atoms with Gasteiger partial charge in [-0.25, -0.2) is 0 Å². The van der Waals surface area contributed by atoms with E-state index in [1.165, 1.54) is 12.8 Å². The number of nitrogens with one attached hydrogen (secondary N) is 2. The third-order valence-electron chi connectivity index (χ3n) is 3.98. The molecule has 1 aromatic rings. The Morgan fingerprint density at radius 2 is 2.37 bits per heavy atom. The summed E-state index contributed by atoms with van der Waals surface area (Å²) >= 11 is 5.63. The molecule has 0 radical (unpaired) electrons. The maximum absolute atomic E-state index is 5.63. The van der Waals surface area contributed by atoms with Crippen molar-refractivity contribution in [2.75, 3.05) is 14.2 Å². The van der Waals surface area contributed by atoms with Crippen LogP contribution in [-0.2, 0) is 10.3 Å². The fourth-order valence-corrected chi connectivity index (χ4v) is 3.43. The van der Waals surface area contributed by atoms with Crippen LogP contribution in [0.1, 0.15) is 31.2 Å². The zero-order valence-corrected chi connectivity index (χ0v) is 12.3. The Labute approximate surface area is 119 Å². The maximum atomic E-state index is 5.63. The van der Waals surface area contributed by atoms with Crippen molar-refractivity contribution in [3.05, 3.63) is 30.1 Å². The molecule has 1 aliphatic rings. The monoisotopic (exact) mass is 279 g/mol. The molecule has 0 bridgehead atoms. The average Bonchev–Trinajstić information content (AvgIpc) is 2.48. The van der Waals surface area contributed by atoms with Crippen LogP contribution in [0.2, 0.25) is 0 Å². The largest absolute Gasteiger partial charge is 0.382 e. The van der Waals surface area contributed by atoms with Gasteiger partial charge in [0.15, 0.2) is 0 Å². The normalized spacial score (nSPS) is 26.9. The standard InChI is InChI=1S/C14H21N3OS/c1-15-13(19)14(11-6-5-9-16-10-11)8-4-3-7-12(14)17-18-2/h5-6,9-10,12,17H,3-4,7-8H2,1-2H3,(H,15,19)/t12-,14+/m1/s1. The van der Waals surface area contributed by atoms with Gasteiger partial charge in [0.05, 0.1) is 17.5 Å². The molecule has 0 saturated heterocycles. The predicted octanol–water partition coefficient (Wildman–Crippen LogP) is 1.96. The summed E-state index contributed by atoms with van der Waals surface area (Å²) in [5.74, 6) is 0. The first kappa shape index (κ1) is 14.4. The number of thiocarbonyl (C=S) groups is 1. The molecule has 0 aromatic carbocycles. The van der Waals surface area contributed by atoms with Crippen LogP contribution >= 0.6 is 12.2 Å². The van der Waals surface area contributed by atoms with Crippen molar-refractivity contribution in [1.82, 2.24) is 15.8 Å². The Morgan fingerprint density at radius 3 is 3.00 bits per heavy atom. The van der Waals surface area contributed by atoms with Crippen LogP contribution in [0.25, 0.3) is 0 Å². The zero-order valence-electron chi connectivity index (χ0n) is 11.5. The van der Waals surface area contributed by atoms with E-state index >= 15 is 0 Å². The number of hydrogen-bond donors (Lipinski definition) is 2. The second kappa shape index (κ2) is 6.41. The fraction of sp³-hybridized carbons (Fsp3) is 0.571. The van der Waals surface area contributed by atoms with Gasteiger partial charge >= 0.3 is 0 Å². The number of hydrogen-bond acceptors (Lipinski definition) is 4. The van der Waals surface area contributed by atoms with E-state index in [0.717, 1.165) is 23.4 Å². The van der Waals surface area contributed by atoms with Gasteiger partial charge in [0.25, 0.3) is 0 Å². The molecule has 1 aliphatic carbocycles. The highest BCUT2D eigenvalue weighted by Gasteiger charge is 2.45. The lowest BCUT2D eigenvalue weighted by Crippen LogP contribution is -2.57. The third kappa shape index (κ3) is 2.63. The SMILES string of the molecule is CNC(=S)[C@]1(c2cccnc2)CCCC[C@H]1NOC. The maximum Gasteiger partial charge on any atom is 0.0875 e. The number of hydroxylamine groups is 1. The number of likely N-dealkylation sites (N-methyl/N-ethyl adjacent to an activating group) is 1. The van der Waals surface area contributed by atoms with Gasteiger partial charge in [0.1, 0.15) is 0 Å². The molecular weight excluding hydrogens is 258 g/mol. The van der Waals surface area contributed by atoms with Gasteiger partial charge in [-0.1, -0.05) is 31.1 Å². The van der Waals surface area contributed by atoms with Gasteiger partial charge < -0.3 is 10.2 Å². The van der Waals surface area contributed by atoms with E-state index in [9.17, 15) is 0 Å². The van der Waals surface area contributed by atoms with Crippen molar-refractivity contribution in [2.24, 2.45) is 0 Å². The van der Waals surface area contributed by atoms with Gasteiger partial charge in [0, 0.05) is 25.5 Å². The Balaban J connectivity index is 2.46. The van der Waals surface area contributed by atoms with E-state index in [1.807, 2.05) is 19.3 Å². The molecule has 0 spiro atoms. The number of pyridine rings is 1. The summed E-state index contributed by atoms with van der Waals surface area (Å²) in [6, 6.07) is 4.25. The molecule has 0 unspecified atom stereocenters. The molecule has 1 saturated carbocycles. The van der Waals surface area contributed by atoms with Crippen LogP contribution in [-0.4, -0.2) is 30.2 Å². The fourth-order valence-electron chi connectivity index (χ4n) is 3.07. The zero-order chi connectivity index (χ0) is 13.7. The summed E-state index contributed by atoms with van der Waals surface area (Å²) in [4.78, 5) is 10.3. The molecule has 19 heavy (non-hydrogen) atoms. The number of nitrogens with zero attached hydrogens (tertiary/aromatic N) is 1. The molecule has 0 amide bonds. The van der Waals surface area contributed by atoms with Gasteiger partial charge in [-0.05, 0) is 24.5 Å². The van der Waals surface area contributed by atoms with Gasteiger partial charge in [-0.3, -0.25) is 4.98 Å². The molecule has 1 fully saturated rings. The Kier molecular flexibility index (Phi) is 4.85. The second-order valence-electron chi connectivity index (χ2n) is 4.91. The summed E-state index contributed by atoms with van der Waals surface area (Å²) in [6.07, 6.45) is 8.12. The molecule has 2 atom stereocenters. The highest BCUT2D eigenvalue weighted by atomic mass is 32.1. The van der Waals surface area contributed by atoms with Crippen molar-refractivity contribution in [2.45, 2.75) is 37.1 Å². The van der Waals surface area contributed by atoms with E-state index in [2.05, 4.69) is 21.8 Å². The van der Waals surface area contributed by atoms with E-state index in [1.54, 1.807) is 13.3 Å². The summed E-state index contributed by atoms with van der Waals surface area (Å²) in [6.45, 7) is 0. The van der Waals surface area contributed by atoms with Gasteiger partial charge in [0.2, 0.25) is 0 Å². The number of aromatic nitrogens is 1. The summed E-state index contributed by atoms with van der Waals surface area (Å²) in [5, 5.41) is 3.17. The Bertz CT molecular complexity index is 424. The van der Waals surface area contributed by atoms with E-state index in [0.29, 0.717) is 0 Å². The lowest BCUT2D eigenvalue weighted by atomic mass is 9.66. The lowest BCUT2D eigenvalue weighted by Gasteiger charge is -2.44. The van der Waals surface area contributed by atoms with E-state index < -0.39 is 0 Å². The molecule has 1 aromatic heterocycles. The number of rotatable bonds is 4. The minimum atomic E-state index is -0.230. The van der Waals surface area contributed by atoms with Crippen molar-refractivity contribution in [1.29, 1.82) is 0 Å². The molecule has 2 rings (SSSR count). The van der Waals surface area contributed by atoms with Crippen molar-refractivity contribution < 1.29 is 4.84 Å².